The van der Waals surface area contributed by atoms with Gasteiger partial charge in [0.25, 0.3) is 0 Å². The van der Waals surface area contributed by atoms with E-state index in [9.17, 15) is 9.50 Å². The third-order valence-corrected chi connectivity index (χ3v) is 5.50. The summed E-state index contributed by atoms with van der Waals surface area (Å²) >= 11 is 6.48. The molecule has 1 aromatic heterocycles. The molecule has 2 atom stereocenters. The number of halogens is 3. The van der Waals surface area contributed by atoms with Gasteiger partial charge in [0.2, 0.25) is 0 Å². The van der Waals surface area contributed by atoms with Gasteiger partial charge >= 0.3 is 0 Å². The van der Waals surface area contributed by atoms with Gasteiger partial charge in [-0.25, -0.2) is 4.39 Å². The molecule has 0 spiro atoms. The Kier molecular flexibility index (Phi) is 7.16. The molecular formula is C24H23Cl2FN2O. The Balaban J connectivity index is 0.00000256. The van der Waals surface area contributed by atoms with Crippen molar-refractivity contribution in [3.8, 4) is 11.1 Å². The van der Waals surface area contributed by atoms with Gasteiger partial charge in [0.1, 0.15) is 5.82 Å². The molecule has 0 saturated heterocycles. The molecule has 4 rings (SSSR count). The average Bonchev–Trinajstić information content (AvgIpc) is 3.08. The number of para-hydroxylation sites is 1. The number of nitrogens with zero attached hydrogens (tertiary/aromatic N) is 1. The summed E-state index contributed by atoms with van der Waals surface area (Å²) in [5.41, 5.74) is 3.56. The number of aromatic nitrogens is 1. The molecule has 3 nitrogen and oxygen atoms in total. The van der Waals surface area contributed by atoms with Gasteiger partial charge in [-0.2, -0.15) is 0 Å². The molecule has 0 saturated carbocycles. The quantitative estimate of drug-likeness (QED) is 0.400. The SMILES string of the molecule is CNC[C@@H](O)[C@H](c1cccc(F)c1)n1cc(-c2ccccc2Cl)c2ccccc21.Cl. The molecule has 0 radical (unpaired) electrons. The predicted molar refractivity (Wildman–Crippen MR) is 124 cm³/mol. The van der Waals surface area contributed by atoms with Gasteiger partial charge in [-0.05, 0) is 36.9 Å². The van der Waals surface area contributed by atoms with E-state index in [0.717, 1.165) is 22.0 Å². The molecule has 0 aliphatic heterocycles. The number of likely N-dealkylation sites (N-methyl/N-ethyl adjacent to an activating group) is 1. The van der Waals surface area contributed by atoms with Gasteiger partial charge in [-0.15, -0.1) is 12.4 Å². The third-order valence-electron chi connectivity index (χ3n) is 5.17. The van der Waals surface area contributed by atoms with E-state index in [1.165, 1.54) is 12.1 Å². The van der Waals surface area contributed by atoms with Crippen molar-refractivity contribution in [1.82, 2.24) is 9.88 Å². The normalized spacial score (nSPS) is 13.1. The summed E-state index contributed by atoms with van der Waals surface area (Å²) in [6, 6.07) is 21.6. The summed E-state index contributed by atoms with van der Waals surface area (Å²) in [6.07, 6.45) is 1.25. The van der Waals surface area contributed by atoms with E-state index in [2.05, 4.69) is 5.32 Å². The molecule has 0 aliphatic rings. The van der Waals surface area contributed by atoms with E-state index in [0.29, 0.717) is 17.1 Å². The number of rotatable bonds is 6. The molecule has 0 fully saturated rings. The van der Waals surface area contributed by atoms with Crippen LogP contribution >= 0.6 is 24.0 Å². The summed E-state index contributed by atoms with van der Waals surface area (Å²) in [6.45, 7) is 0.370. The summed E-state index contributed by atoms with van der Waals surface area (Å²) in [4.78, 5) is 0. The lowest BCUT2D eigenvalue weighted by atomic mass is 10.0. The van der Waals surface area contributed by atoms with Gasteiger partial charge in [0.15, 0.2) is 0 Å². The Hall–Kier alpha value is -2.37. The minimum Gasteiger partial charge on any atom is -0.389 e. The predicted octanol–water partition coefficient (Wildman–Crippen LogP) is 5.69. The van der Waals surface area contributed by atoms with Crippen molar-refractivity contribution in [3.63, 3.8) is 0 Å². The molecule has 6 heteroatoms. The molecule has 30 heavy (non-hydrogen) atoms. The Labute approximate surface area is 186 Å². The summed E-state index contributed by atoms with van der Waals surface area (Å²) < 4.78 is 16.0. The Bertz CT molecular complexity index is 1140. The van der Waals surface area contributed by atoms with Crippen molar-refractivity contribution in [1.29, 1.82) is 0 Å². The van der Waals surface area contributed by atoms with Crippen molar-refractivity contribution < 1.29 is 9.50 Å². The monoisotopic (exact) mass is 444 g/mol. The highest BCUT2D eigenvalue weighted by atomic mass is 35.5. The molecule has 0 bridgehead atoms. The smallest absolute Gasteiger partial charge is 0.123 e. The third kappa shape index (κ3) is 4.23. The van der Waals surface area contributed by atoms with Crippen LogP contribution in [0, 0.1) is 5.82 Å². The van der Waals surface area contributed by atoms with Crippen LogP contribution < -0.4 is 5.32 Å². The van der Waals surface area contributed by atoms with E-state index in [1.807, 2.05) is 65.4 Å². The topological polar surface area (TPSA) is 37.2 Å². The first-order valence-corrected chi connectivity index (χ1v) is 9.90. The molecule has 2 N–H and O–H groups in total. The lowest BCUT2D eigenvalue weighted by Gasteiger charge is -2.26. The number of aliphatic hydroxyl groups excluding tert-OH is 1. The fourth-order valence-corrected chi connectivity index (χ4v) is 4.15. The van der Waals surface area contributed by atoms with Gasteiger partial charge < -0.3 is 15.0 Å². The van der Waals surface area contributed by atoms with Crippen molar-refractivity contribution in [2.45, 2.75) is 12.1 Å². The second-order valence-corrected chi connectivity index (χ2v) is 7.48. The summed E-state index contributed by atoms with van der Waals surface area (Å²) in [5, 5.41) is 15.7. The molecule has 0 amide bonds. The maximum atomic E-state index is 14.0. The Morgan fingerprint density at radius 2 is 1.73 bits per heavy atom. The number of hydrogen-bond acceptors (Lipinski definition) is 2. The number of fused-ring (bicyclic) bond motifs is 1. The van der Waals surface area contributed by atoms with Crippen LogP contribution in [0.25, 0.3) is 22.0 Å². The van der Waals surface area contributed by atoms with E-state index >= 15 is 0 Å². The standard InChI is InChI=1S/C24H22ClFN2O.ClH/c1-27-14-23(29)24(16-7-6-8-17(26)13-16)28-15-20(18-9-2-4-11-21(18)25)19-10-3-5-12-22(19)28;/h2-13,15,23-24,27,29H,14H2,1H3;1H/t23-,24+;/m1./s1. The second-order valence-electron chi connectivity index (χ2n) is 7.07. The summed E-state index contributed by atoms with van der Waals surface area (Å²) in [7, 11) is 1.79. The van der Waals surface area contributed by atoms with Crippen molar-refractivity contribution in [3.05, 3.63) is 95.4 Å². The van der Waals surface area contributed by atoms with Gasteiger partial charge in [-0.3, -0.25) is 0 Å². The van der Waals surface area contributed by atoms with Crippen molar-refractivity contribution in [2.75, 3.05) is 13.6 Å². The highest BCUT2D eigenvalue weighted by Crippen LogP contribution is 2.38. The minimum absolute atomic E-state index is 0. The van der Waals surface area contributed by atoms with Crippen molar-refractivity contribution in [2.24, 2.45) is 0 Å². The first-order chi connectivity index (χ1) is 14.1. The largest absolute Gasteiger partial charge is 0.389 e. The molecule has 3 aromatic carbocycles. The summed E-state index contributed by atoms with van der Waals surface area (Å²) in [5.74, 6) is -0.327. The van der Waals surface area contributed by atoms with Crippen LogP contribution in [-0.2, 0) is 0 Å². The Morgan fingerprint density at radius 3 is 2.47 bits per heavy atom. The molecule has 1 heterocycles. The first kappa shape index (κ1) is 22.3. The van der Waals surface area contributed by atoms with Crippen molar-refractivity contribution >= 4 is 34.9 Å². The van der Waals surface area contributed by atoms with Crippen LogP contribution in [0.5, 0.6) is 0 Å². The maximum Gasteiger partial charge on any atom is 0.123 e. The molecule has 0 unspecified atom stereocenters. The lowest BCUT2D eigenvalue weighted by molar-refractivity contribution is 0.132. The number of hydrogen-bond donors (Lipinski definition) is 2. The highest BCUT2D eigenvalue weighted by Gasteiger charge is 2.26. The zero-order chi connectivity index (χ0) is 20.4. The minimum atomic E-state index is -0.753. The van der Waals surface area contributed by atoms with E-state index in [-0.39, 0.29) is 18.2 Å². The van der Waals surface area contributed by atoms with Gasteiger partial charge in [0, 0.05) is 39.8 Å². The van der Waals surface area contributed by atoms with Crippen LogP contribution in [0.4, 0.5) is 4.39 Å². The molecule has 0 aliphatic carbocycles. The fourth-order valence-electron chi connectivity index (χ4n) is 3.91. The van der Waals surface area contributed by atoms with Gasteiger partial charge in [-0.1, -0.05) is 60.1 Å². The zero-order valence-corrected chi connectivity index (χ0v) is 18.0. The molecule has 156 valence electrons. The fraction of sp³-hybridized carbons (Fsp3) is 0.167. The van der Waals surface area contributed by atoms with Crippen LogP contribution in [0.2, 0.25) is 5.02 Å². The Morgan fingerprint density at radius 1 is 1.00 bits per heavy atom. The van der Waals surface area contributed by atoms with Crippen LogP contribution in [0.15, 0.2) is 79.0 Å². The van der Waals surface area contributed by atoms with E-state index in [1.54, 1.807) is 13.1 Å². The highest BCUT2D eigenvalue weighted by molar-refractivity contribution is 6.33. The van der Waals surface area contributed by atoms with Crippen LogP contribution in [-0.4, -0.2) is 29.4 Å². The molecular weight excluding hydrogens is 422 g/mol. The average molecular weight is 445 g/mol. The molecule has 4 aromatic rings. The maximum absolute atomic E-state index is 14.0. The first-order valence-electron chi connectivity index (χ1n) is 9.52. The number of benzene rings is 3. The second kappa shape index (κ2) is 9.63. The van der Waals surface area contributed by atoms with Crippen LogP contribution in [0.1, 0.15) is 11.6 Å². The number of nitrogens with one attached hydrogen (secondary N) is 1. The van der Waals surface area contributed by atoms with Gasteiger partial charge in [0.05, 0.1) is 12.1 Å². The van der Waals surface area contributed by atoms with E-state index in [4.69, 9.17) is 11.6 Å². The zero-order valence-electron chi connectivity index (χ0n) is 16.4. The van der Waals surface area contributed by atoms with E-state index < -0.39 is 12.1 Å². The van der Waals surface area contributed by atoms with Crippen LogP contribution in [0.3, 0.4) is 0 Å². The number of aliphatic hydroxyl groups is 1. The lowest BCUT2D eigenvalue weighted by Crippen LogP contribution is -2.33.